The Labute approximate surface area is 93.0 Å². The van der Waals surface area contributed by atoms with Crippen molar-refractivity contribution >= 4 is 10.2 Å². The molecule has 0 fully saturated rings. The van der Waals surface area contributed by atoms with E-state index in [4.69, 9.17) is 5.73 Å². The molecule has 16 heavy (non-hydrogen) atoms. The Morgan fingerprint density at radius 1 is 1.38 bits per heavy atom. The third-order valence-corrected chi connectivity index (χ3v) is 3.17. The lowest BCUT2D eigenvalue weighted by Crippen LogP contribution is -2.47. The van der Waals surface area contributed by atoms with Crippen molar-refractivity contribution in [1.29, 1.82) is 0 Å². The van der Waals surface area contributed by atoms with E-state index in [1.165, 1.54) is 0 Å². The van der Waals surface area contributed by atoms with Gasteiger partial charge in [-0.05, 0) is 6.42 Å². The summed E-state index contributed by atoms with van der Waals surface area (Å²) in [5.74, 6) is 0. The average Bonchev–Trinajstić information content (AvgIpc) is 2.12. The lowest BCUT2D eigenvalue weighted by atomic mass is 10.5. The molecule has 0 unspecified atom stereocenters. The fourth-order valence-electron chi connectivity index (χ4n) is 0.950. The van der Waals surface area contributed by atoms with Gasteiger partial charge < -0.3 is 5.73 Å². The number of rotatable bonds is 7. The molecule has 3 N–H and O–H groups in total. The first-order valence-electron chi connectivity index (χ1n) is 4.74. The van der Waals surface area contributed by atoms with Crippen molar-refractivity contribution in [2.45, 2.75) is 19.5 Å². The van der Waals surface area contributed by atoms with Crippen LogP contribution in [-0.2, 0) is 10.2 Å². The van der Waals surface area contributed by atoms with Crippen molar-refractivity contribution in [3.63, 3.8) is 0 Å². The quantitative estimate of drug-likeness (QED) is 0.681. The van der Waals surface area contributed by atoms with Crippen molar-refractivity contribution in [3.8, 4) is 0 Å². The monoisotopic (exact) mass is 263 g/mol. The molecule has 0 bridgehead atoms. The summed E-state index contributed by atoms with van der Waals surface area (Å²) < 4.78 is 61.5. The smallest absolute Gasteiger partial charge is 0.329 e. The molecule has 0 aliphatic rings. The van der Waals surface area contributed by atoms with Crippen LogP contribution in [-0.4, -0.2) is 45.1 Å². The molecule has 0 rings (SSSR count). The first kappa shape index (κ1) is 15.6. The second-order valence-corrected chi connectivity index (χ2v) is 4.89. The van der Waals surface area contributed by atoms with E-state index in [-0.39, 0.29) is 19.6 Å². The van der Waals surface area contributed by atoms with Gasteiger partial charge in [-0.15, -0.1) is 0 Å². The van der Waals surface area contributed by atoms with Gasteiger partial charge in [0.1, 0.15) is 6.54 Å². The molecule has 0 saturated carbocycles. The van der Waals surface area contributed by atoms with Gasteiger partial charge in [0.25, 0.3) is 10.2 Å². The first-order valence-corrected chi connectivity index (χ1v) is 6.18. The molecule has 0 aliphatic carbocycles. The van der Waals surface area contributed by atoms with Gasteiger partial charge in [0, 0.05) is 19.6 Å². The van der Waals surface area contributed by atoms with Crippen LogP contribution in [0.4, 0.5) is 13.2 Å². The molecule has 0 aromatic heterocycles. The topological polar surface area (TPSA) is 75.4 Å². The second-order valence-electron chi connectivity index (χ2n) is 3.14. The summed E-state index contributed by atoms with van der Waals surface area (Å²) in [6.07, 6.45) is -4.07. The highest BCUT2D eigenvalue weighted by atomic mass is 32.2. The van der Waals surface area contributed by atoms with Crippen molar-refractivity contribution in [3.05, 3.63) is 0 Å². The fourth-order valence-corrected chi connectivity index (χ4v) is 2.26. The van der Waals surface area contributed by atoms with Gasteiger partial charge in [0.2, 0.25) is 0 Å². The van der Waals surface area contributed by atoms with E-state index in [9.17, 15) is 21.6 Å². The van der Waals surface area contributed by atoms with Crippen LogP contribution in [0.2, 0.25) is 0 Å². The second kappa shape index (κ2) is 6.38. The molecule has 0 amide bonds. The summed E-state index contributed by atoms with van der Waals surface area (Å²) in [5.41, 5.74) is 5.07. The number of nitrogens with two attached hydrogens (primary N) is 1. The van der Waals surface area contributed by atoms with Crippen LogP contribution in [0, 0.1) is 0 Å². The summed E-state index contributed by atoms with van der Waals surface area (Å²) in [7, 11) is -4.10. The molecule has 9 heteroatoms. The zero-order chi connectivity index (χ0) is 12.8. The standard InChI is InChI=1S/C7H16F3N3O2S/c1-2-4-12-16(14,15)13(5-3-11)6-7(8,9)10/h12H,2-6,11H2,1H3. The van der Waals surface area contributed by atoms with Crippen LogP contribution < -0.4 is 10.5 Å². The van der Waals surface area contributed by atoms with E-state index in [0.29, 0.717) is 10.7 Å². The Kier molecular flexibility index (Phi) is 6.23. The number of halogens is 3. The van der Waals surface area contributed by atoms with Crippen LogP contribution in [0.1, 0.15) is 13.3 Å². The minimum atomic E-state index is -4.57. The Morgan fingerprint density at radius 3 is 2.31 bits per heavy atom. The molecular weight excluding hydrogens is 247 g/mol. The highest BCUT2D eigenvalue weighted by Crippen LogP contribution is 2.17. The normalized spacial score (nSPS) is 13.4. The molecule has 5 nitrogen and oxygen atoms in total. The van der Waals surface area contributed by atoms with Gasteiger partial charge in [-0.25, -0.2) is 4.72 Å². The molecule has 0 aromatic rings. The first-order chi connectivity index (χ1) is 7.23. The van der Waals surface area contributed by atoms with Crippen molar-refractivity contribution in [2.24, 2.45) is 5.73 Å². The van der Waals surface area contributed by atoms with E-state index in [1.54, 1.807) is 6.92 Å². The lowest BCUT2D eigenvalue weighted by Gasteiger charge is -2.22. The fraction of sp³-hybridized carbons (Fsp3) is 1.00. The summed E-state index contributed by atoms with van der Waals surface area (Å²) in [4.78, 5) is 0. The van der Waals surface area contributed by atoms with Gasteiger partial charge >= 0.3 is 6.18 Å². The average molecular weight is 263 g/mol. The third kappa shape index (κ3) is 6.26. The lowest BCUT2D eigenvalue weighted by molar-refractivity contribution is -0.136. The molecule has 0 aromatic carbocycles. The maximum absolute atomic E-state index is 12.1. The van der Waals surface area contributed by atoms with Crippen molar-refractivity contribution < 1.29 is 21.6 Å². The van der Waals surface area contributed by atoms with Crippen LogP contribution in [0.3, 0.4) is 0 Å². The van der Waals surface area contributed by atoms with Gasteiger partial charge in [-0.2, -0.15) is 25.9 Å². The van der Waals surface area contributed by atoms with Crippen molar-refractivity contribution in [2.75, 3.05) is 26.2 Å². The summed E-state index contributed by atoms with van der Waals surface area (Å²) in [6.45, 7) is -0.244. The Balaban J connectivity index is 4.63. The SMILES string of the molecule is CCCNS(=O)(=O)N(CCN)CC(F)(F)F. The maximum Gasteiger partial charge on any atom is 0.402 e. The summed E-state index contributed by atoms with van der Waals surface area (Å²) >= 11 is 0. The molecule has 0 radical (unpaired) electrons. The van der Waals surface area contributed by atoms with Gasteiger partial charge in [-0.3, -0.25) is 0 Å². The van der Waals surface area contributed by atoms with E-state index in [1.807, 2.05) is 0 Å². The molecular formula is C7H16F3N3O2S. The number of nitrogens with one attached hydrogen (secondary N) is 1. The largest absolute Gasteiger partial charge is 0.402 e. The minimum absolute atomic E-state index is 0.0985. The summed E-state index contributed by atoms with van der Waals surface area (Å²) in [5, 5.41) is 0. The number of alkyl halides is 3. The third-order valence-electron chi connectivity index (χ3n) is 1.61. The Bertz CT molecular complexity index is 292. The summed E-state index contributed by atoms with van der Waals surface area (Å²) in [6, 6.07) is 0. The van der Waals surface area contributed by atoms with E-state index >= 15 is 0 Å². The highest BCUT2D eigenvalue weighted by molar-refractivity contribution is 7.87. The predicted molar refractivity (Wildman–Crippen MR) is 53.9 cm³/mol. The molecule has 0 spiro atoms. The molecule has 0 atom stereocenters. The van der Waals surface area contributed by atoms with Crippen LogP contribution >= 0.6 is 0 Å². The van der Waals surface area contributed by atoms with E-state index in [0.717, 1.165) is 0 Å². The number of hydrogen-bond acceptors (Lipinski definition) is 3. The predicted octanol–water partition coefficient (Wildman–Crippen LogP) is 0.0538. The molecule has 0 aliphatic heterocycles. The highest BCUT2D eigenvalue weighted by Gasteiger charge is 2.35. The van der Waals surface area contributed by atoms with E-state index in [2.05, 4.69) is 4.72 Å². The van der Waals surface area contributed by atoms with Crippen LogP contribution in [0.5, 0.6) is 0 Å². The molecule has 0 heterocycles. The molecule has 0 saturated heterocycles. The van der Waals surface area contributed by atoms with Crippen LogP contribution in [0.25, 0.3) is 0 Å². The van der Waals surface area contributed by atoms with Gasteiger partial charge in [-0.1, -0.05) is 6.92 Å². The van der Waals surface area contributed by atoms with Gasteiger partial charge in [0.05, 0.1) is 0 Å². The Morgan fingerprint density at radius 2 is 1.94 bits per heavy atom. The van der Waals surface area contributed by atoms with Crippen molar-refractivity contribution in [1.82, 2.24) is 9.03 Å². The van der Waals surface area contributed by atoms with E-state index < -0.39 is 22.9 Å². The zero-order valence-electron chi connectivity index (χ0n) is 8.92. The maximum atomic E-state index is 12.1. The minimum Gasteiger partial charge on any atom is -0.329 e. The van der Waals surface area contributed by atoms with Gasteiger partial charge in [0.15, 0.2) is 0 Å². The zero-order valence-corrected chi connectivity index (χ0v) is 9.74. The number of hydrogen-bond donors (Lipinski definition) is 2. The van der Waals surface area contributed by atoms with Crippen LogP contribution in [0.15, 0.2) is 0 Å². The molecule has 98 valence electrons. The Hall–Kier alpha value is -0.380. The number of nitrogens with zero attached hydrogens (tertiary/aromatic N) is 1.